The van der Waals surface area contributed by atoms with Gasteiger partial charge in [-0.1, -0.05) is 12.1 Å². The molecule has 1 amide bonds. The minimum atomic E-state index is -0.300. The quantitative estimate of drug-likeness (QED) is 0.287. The van der Waals surface area contributed by atoms with Crippen LogP contribution in [0.4, 0.5) is 4.39 Å². The summed E-state index contributed by atoms with van der Waals surface area (Å²) in [6.45, 7) is 7.20. The number of guanidine groups is 1. The molecule has 0 atom stereocenters. The zero-order valence-electron chi connectivity index (χ0n) is 14.1. The maximum Gasteiger partial charge on any atom is 0.224 e. The second-order valence-electron chi connectivity index (χ2n) is 6.03. The SMILES string of the molecule is CN=C(NCCNC(=O)Cc1ccc(F)cc1)NC(C)(C)C.I. The minimum absolute atomic E-state index is 0. The number of amides is 1. The van der Waals surface area contributed by atoms with Gasteiger partial charge in [-0.2, -0.15) is 0 Å². The zero-order valence-corrected chi connectivity index (χ0v) is 16.4. The Morgan fingerprint density at radius 2 is 1.70 bits per heavy atom. The Balaban J connectivity index is 0.00000484. The summed E-state index contributed by atoms with van der Waals surface area (Å²) in [5.74, 6) is 0.304. The third kappa shape index (κ3) is 10.1. The molecule has 0 saturated carbocycles. The van der Waals surface area contributed by atoms with Crippen molar-refractivity contribution >= 4 is 35.8 Å². The number of nitrogens with one attached hydrogen (secondary N) is 3. The summed E-state index contributed by atoms with van der Waals surface area (Å²) in [6.07, 6.45) is 0.245. The van der Waals surface area contributed by atoms with Crippen molar-refractivity contribution in [3.05, 3.63) is 35.6 Å². The predicted molar refractivity (Wildman–Crippen MR) is 103 cm³/mol. The predicted octanol–water partition coefficient (Wildman–Crippen LogP) is 2.07. The number of rotatable bonds is 5. The van der Waals surface area contributed by atoms with E-state index in [4.69, 9.17) is 0 Å². The van der Waals surface area contributed by atoms with Gasteiger partial charge in [-0.25, -0.2) is 4.39 Å². The van der Waals surface area contributed by atoms with Crippen LogP contribution in [0.25, 0.3) is 0 Å². The molecule has 1 aromatic carbocycles. The molecule has 130 valence electrons. The molecular formula is C16H26FIN4O. The Morgan fingerprint density at radius 1 is 1.13 bits per heavy atom. The summed E-state index contributed by atoms with van der Waals surface area (Å²) in [7, 11) is 1.70. The molecule has 0 radical (unpaired) electrons. The first-order chi connectivity index (χ1) is 10.3. The lowest BCUT2D eigenvalue weighted by Crippen LogP contribution is -2.49. The highest BCUT2D eigenvalue weighted by molar-refractivity contribution is 14.0. The van der Waals surface area contributed by atoms with Crippen molar-refractivity contribution in [2.24, 2.45) is 4.99 Å². The van der Waals surface area contributed by atoms with Gasteiger partial charge in [0.1, 0.15) is 5.82 Å². The van der Waals surface area contributed by atoms with Gasteiger partial charge in [0.15, 0.2) is 5.96 Å². The number of benzene rings is 1. The summed E-state index contributed by atoms with van der Waals surface area (Å²) >= 11 is 0. The van der Waals surface area contributed by atoms with Crippen molar-refractivity contribution < 1.29 is 9.18 Å². The van der Waals surface area contributed by atoms with Crippen LogP contribution in [0.2, 0.25) is 0 Å². The highest BCUT2D eigenvalue weighted by atomic mass is 127. The van der Waals surface area contributed by atoms with E-state index in [0.29, 0.717) is 19.0 Å². The lowest BCUT2D eigenvalue weighted by molar-refractivity contribution is -0.120. The van der Waals surface area contributed by atoms with E-state index < -0.39 is 0 Å². The monoisotopic (exact) mass is 436 g/mol. The molecule has 0 aromatic heterocycles. The van der Waals surface area contributed by atoms with Crippen LogP contribution in [0.1, 0.15) is 26.3 Å². The van der Waals surface area contributed by atoms with Crippen LogP contribution in [-0.4, -0.2) is 37.5 Å². The fourth-order valence-electron chi connectivity index (χ4n) is 1.77. The lowest BCUT2D eigenvalue weighted by Gasteiger charge is -2.23. The molecular weight excluding hydrogens is 410 g/mol. The van der Waals surface area contributed by atoms with Crippen LogP contribution in [0.15, 0.2) is 29.3 Å². The molecule has 0 fully saturated rings. The zero-order chi connectivity index (χ0) is 16.6. The van der Waals surface area contributed by atoms with E-state index in [1.807, 2.05) is 20.8 Å². The van der Waals surface area contributed by atoms with E-state index in [1.165, 1.54) is 12.1 Å². The molecule has 0 aliphatic heterocycles. The highest BCUT2D eigenvalue weighted by Gasteiger charge is 2.11. The van der Waals surface area contributed by atoms with Crippen LogP contribution in [0.3, 0.4) is 0 Å². The van der Waals surface area contributed by atoms with Gasteiger partial charge >= 0.3 is 0 Å². The van der Waals surface area contributed by atoms with E-state index >= 15 is 0 Å². The Kier molecular flexibility index (Phi) is 9.78. The minimum Gasteiger partial charge on any atom is -0.355 e. The molecule has 7 heteroatoms. The molecule has 5 nitrogen and oxygen atoms in total. The van der Waals surface area contributed by atoms with E-state index in [9.17, 15) is 9.18 Å². The molecule has 0 bridgehead atoms. The fourth-order valence-corrected chi connectivity index (χ4v) is 1.77. The van der Waals surface area contributed by atoms with Crippen LogP contribution < -0.4 is 16.0 Å². The van der Waals surface area contributed by atoms with Gasteiger partial charge in [-0.05, 0) is 38.5 Å². The van der Waals surface area contributed by atoms with Gasteiger partial charge in [-0.3, -0.25) is 9.79 Å². The molecule has 0 heterocycles. The van der Waals surface area contributed by atoms with Crippen molar-refractivity contribution in [2.75, 3.05) is 20.1 Å². The first kappa shape index (κ1) is 21.6. The maximum atomic E-state index is 12.8. The van der Waals surface area contributed by atoms with Crippen molar-refractivity contribution in [2.45, 2.75) is 32.7 Å². The van der Waals surface area contributed by atoms with Gasteiger partial charge in [0, 0.05) is 25.7 Å². The van der Waals surface area contributed by atoms with Gasteiger partial charge in [0.05, 0.1) is 6.42 Å². The lowest BCUT2D eigenvalue weighted by atomic mass is 10.1. The van der Waals surface area contributed by atoms with Crippen LogP contribution >= 0.6 is 24.0 Å². The van der Waals surface area contributed by atoms with Crippen molar-refractivity contribution in [3.8, 4) is 0 Å². The Labute approximate surface area is 154 Å². The average Bonchev–Trinajstić information content (AvgIpc) is 2.43. The summed E-state index contributed by atoms with van der Waals surface area (Å²) in [5, 5.41) is 9.17. The summed E-state index contributed by atoms with van der Waals surface area (Å²) < 4.78 is 12.8. The molecule has 23 heavy (non-hydrogen) atoms. The molecule has 0 saturated heterocycles. The number of aliphatic imine (C=N–C) groups is 1. The van der Waals surface area contributed by atoms with Crippen LogP contribution in [-0.2, 0) is 11.2 Å². The first-order valence-corrected chi connectivity index (χ1v) is 7.30. The smallest absolute Gasteiger partial charge is 0.224 e. The highest BCUT2D eigenvalue weighted by Crippen LogP contribution is 2.03. The summed E-state index contributed by atoms with van der Waals surface area (Å²) in [5.41, 5.74) is 0.713. The van der Waals surface area contributed by atoms with Crippen LogP contribution in [0.5, 0.6) is 0 Å². The van der Waals surface area contributed by atoms with E-state index in [0.717, 1.165) is 5.56 Å². The van der Waals surface area contributed by atoms with Crippen molar-refractivity contribution in [1.29, 1.82) is 0 Å². The number of nitrogens with zero attached hydrogens (tertiary/aromatic N) is 1. The van der Waals surface area contributed by atoms with Gasteiger partial charge in [0.25, 0.3) is 0 Å². The topological polar surface area (TPSA) is 65.5 Å². The fraction of sp³-hybridized carbons (Fsp3) is 0.500. The second kappa shape index (κ2) is 10.4. The molecule has 0 spiro atoms. The van der Waals surface area contributed by atoms with E-state index in [-0.39, 0.29) is 47.7 Å². The third-order valence-electron chi connectivity index (χ3n) is 2.73. The molecule has 1 rings (SSSR count). The summed E-state index contributed by atoms with van der Waals surface area (Å²) in [6, 6.07) is 5.93. The standard InChI is InChI=1S/C16H25FN4O.HI/c1-16(2,3)21-15(18-4)20-10-9-19-14(22)11-12-5-7-13(17)8-6-12;/h5-8H,9-11H2,1-4H3,(H,19,22)(H2,18,20,21);1H. The van der Waals surface area contributed by atoms with Crippen molar-refractivity contribution in [3.63, 3.8) is 0 Å². The molecule has 1 aromatic rings. The number of halogens is 2. The molecule has 0 unspecified atom stereocenters. The second-order valence-corrected chi connectivity index (χ2v) is 6.03. The molecule has 3 N–H and O–H groups in total. The van der Waals surface area contributed by atoms with Crippen molar-refractivity contribution in [1.82, 2.24) is 16.0 Å². The largest absolute Gasteiger partial charge is 0.355 e. The maximum absolute atomic E-state index is 12.8. The number of hydrogen-bond donors (Lipinski definition) is 3. The number of hydrogen-bond acceptors (Lipinski definition) is 2. The van der Waals surface area contributed by atoms with E-state index in [2.05, 4.69) is 20.9 Å². The molecule has 0 aliphatic carbocycles. The Bertz CT molecular complexity index is 512. The number of carbonyl (C=O) groups excluding carboxylic acids is 1. The van der Waals surface area contributed by atoms with E-state index in [1.54, 1.807) is 19.2 Å². The summed E-state index contributed by atoms with van der Waals surface area (Å²) in [4.78, 5) is 15.9. The normalized spacial score (nSPS) is 11.4. The van der Waals surface area contributed by atoms with Gasteiger partial charge in [-0.15, -0.1) is 24.0 Å². The average molecular weight is 436 g/mol. The first-order valence-electron chi connectivity index (χ1n) is 7.30. The Hall–Kier alpha value is -1.38. The third-order valence-corrected chi connectivity index (χ3v) is 2.73. The van der Waals surface area contributed by atoms with Crippen LogP contribution in [0, 0.1) is 5.82 Å². The number of carbonyl (C=O) groups is 1. The molecule has 0 aliphatic rings. The Morgan fingerprint density at radius 3 is 2.22 bits per heavy atom. The van der Waals surface area contributed by atoms with Gasteiger partial charge < -0.3 is 16.0 Å². The van der Waals surface area contributed by atoms with Gasteiger partial charge in [0.2, 0.25) is 5.91 Å².